The average molecular weight is 562 g/mol. The van der Waals surface area contributed by atoms with Gasteiger partial charge in [0.15, 0.2) is 11.5 Å². The van der Waals surface area contributed by atoms with E-state index >= 15 is 0 Å². The first-order chi connectivity index (χ1) is 19.1. The first-order valence-electron chi connectivity index (χ1n) is 13.2. The Hall–Kier alpha value is -4.01. The van der Waals surface area contributed by atoms with Crippen LogP contribution >= 0.6 is 11.6 Å². The van der Waals surface area contributed by atoms with Gasteiger partial charge in [0.2, 0.25) is 0 Å². The van der Waals surface area contributed by atoms with Crippen LogP contribution in [0.5, 0.6) is 11.5 Å². The summed E-state index contributed by atoms with van der Waals surface area (Å²) >= 11 is 6.52. The van der Waals surface area contributed by atoms with E-state index in [1.54, 1.807) is 30.3 Å². The van der Waals surface area contributed by atoms with Gasteiger partial charge >= 0.3 is 0 Å². The second-order valence-electron chi connectivity index (χ2n) is 10.9. The largest absolute Gasteiger partial charge is 0.486 e. The zero-order valence-corrected chi connectivity index (χ0v) is 23.4. The lowest BCUT2D eigenvalue weighted by molar-refractivity contribution is 0.0902. The summed E-state index contributed by atoms with van der Waals surface area (Å²) in [6.07, 6.45) is 2.34. The molecule has 1 atom stereocenters. The average Bonchev–Trinajstić information content (AvgIpc) is 3.33. The summed E-state index contributed by atoms with van der Waals surface area (Å²) < 4.78 is 11.7. The molecule has 2 amide bonds. The fourth-order valence-electron chi connectivity index (χ4n) is 4.77. The molecule has 4 N–H and O–H groups in total. The Morgan fingerprint density at radius 3 is 2.52 bits per heavy atom. The third-order valence-electron chi connectivity index (χ3n) is 6.62. The van der Waals surface area contributed by atoms with E-state index in [0.717, 1.165) is 16.5 Å². The zero-order chi connectivity index (χ0) is 28.4. The summed E-state index contributed by atoms with van der Waals surface area (Å²) in [5.74, 6) is 0.131. The number of benzene rings is 3. The van der Waals surface area contributed by atoms with Gasteiger partial charge in [0.25, 0.3) is 11.8 Å². The van der Waals surface area contributed by atoms with Gasteiger partial charge < -0.3 is 30.2 Å². The molecular formula is C31H32ClN3O5. The Bertz CT molecular complexity index is 1570. The molecule has 1 aliphatic rings. The number of para-hydroxylation sites is 1. The number of halogens is 1. The highest BCUT2D eigenvalue weighted by Crippen LogP contribution is 2.39. The molecule has 9 heteroatoms. The van der Waals surface area contributed by atoms with Gasteiger partial charge in [0.05, 0.1) is 28.8 Å². The number of amides is 2. The minimum atomic E-state index is -0.523. The second kappa shape index (κ2) is 11.2. The van der Waals surface area contributed by atoms with Crippen molar-refractivity contribution in [2.24, 2.45) is 0 Å². The van der Waals surface area contributed by atoms with Crippen molar-refractivity contribution in [2.45, 2.75) is 38.8 Å². The number of carbonyl (C=O) groups excluding carboxylic acids is 2. The van der Waals surface area contributed by atoms with Gasteiger partial charge in [-0.15, -0.1) is 0 Å². The summed E-state index contributed by atoms with van der Waals surface area (Å²) in [5.41, 5.74) is 3.62. The maximum absolute atomic E-state index is 13.6. The number of fused-ring (bicyclic) bond motifs is 2. The Morgan fingerprint density at radius 1 is 1.00 bits per heavy atom. The second-order valence-corrected chi connectivity index (χ2v) is 11.3. The zero-order valence-electron chi connectivity index (χ0n) is 22.6. The number of aliphatic hydroxyl groups is 1. The topological polar surface area (TPSA) is 113 Å². The first-order valence-corrected chi connectivity index (χ1v) is 13.5. The van der Waals surface area contributed by atoms with Crippen LogP contribution in [-0.2, 0) is 6.42 Å². The molecule has 0 fully saturated rings. The molecule has 0 unspecified atom stereocenters. The molecule has 1 aliphatic heterocycles. The number of aromatic amines is 1. The van der Waals surface area contributed by atoms with Crippen molar-refractivity contribution in [3.05, 3.63) is 82.5 Å². The van der Waals surface area contributed by atoms with E-state index in [4.69, 9.17) is 21.1 Å². The number of ether oxygens (including phenoxy) is 2. The molecule has 2 heterocycles. The quantitative estimate of drug-likeness (QED) is 0.250. The predicted molar refractivity (Wildman–Crippen MR) is 155 cm³/mol. The number of nitrogens with one attached hydrogen (secondary N) is 3. The number of hydrogen-bond acceptors (Lipinski definition) is 5. The molecule has 3 aromatic carbocycles. The van der Waals surface area contributed by atoms with E-state index in [1.807, 2.05) is 51.2 Å². The van der Waals surface area contributed by atoms with Crippen molar-refractivity contribution in [1.29, 1.82) is 0 Å². The van der Waals surface area contributed by atoms with Crippen molar-refractivity contribution >= 4 is 34.3 Å². The summed E-state index contributed by atoms with van der Waals surface area (Å²) in [6.45, 7) is 6.13. The van der Waals surface area contributed by atoms with E-state index in [1.165, 1.54) is 0 Å². The highest BCUT2D eigenvalue weighted by Gasteiger charge is 2.25. The maximum atomic E-state index is 13.6. The molecule has 0 saturated carbocycles. The maximum Gasteiger partial charge on any atom is 0.255 e. The molecule has 40 heavy (non-hydrogen) atoms. The SMILES string of the molecule is CC(C)(C)NC(=O)c1ccc(-c2cc3c(c(C(=O)N[C@@H](CO)Cc4c[nH]c5ccccc45)c2)OCCO3)cc1Cl. The van der Waals surface area contributed by atoms with Crippen LogP contribution in [0.15, 0.2) is 60.8 Å². The monoisotopic (exact) mass is 561 g/mol. The lowest BCUT2D eigenvalue weighted by atomic mass is 9.98. The molecule has 4 aromatic rings. The summed E-state index contributed by atoms with van der Waals surface area (Å²) in [6, 6.07) is 16.0. The van der Waals surface area contributed by atoms with Crippen LogP contribution in [0.1, 0.15) is 47.1 Å². The molecule has 1 aromatic heterocycles. The molecule has 0 bridgehead atoms. The first kappa shape index (κ1) is 27.6. The minimum Gasteiger partial charge on any atom is -0.486 e. The third-order valence-corrected chi connectivity index (χ3v) is 6.93. The van der Waals surface area contributed by atoms with Gasteiger partial charge in [-0.3, -0.25) is 9.59 Å². The normalized spacial score (nSPS) is 13.6. The van der Waals surface area contributed by atoms with Gasteiger partial charge in [0.1, 0.15) is 13.2 Å². The summed E-state index contributed by atoms with van der Waals surface area (Å²) in [4.78, 5) is 29.5. The van der Waals surface area contributed by atoms with E-state index < -0.39 is 17.5 Å². The van der Waals surface area contributed by atoms with Crippen LogP contribution in [0.4, 0.5) is 0 Å². The number of hydrogen-bond donors (Lipinski definition) is 4. The van der Waals surface area contributed by atoms with Crippen LogP contribution in [0, 0.1) is 0 Å². The molecule has 0 radical (unpaired) electrons. The van der Waals surface area contributed by atoms with Crippen molar-refractivity contribution in [1.82, 2.24) is 15.6 Å². The van der Waals surface area contributed by atoms with Gasteiger partial charge in [-0.1, -0.05) is 35.9 Å². The van der Waals surface area contributed by atoms with Crippen molar-refractivity contribution in [3.63, 3.8) is 0 Å². The highest BCUT2D eigenvalue weighted by atomic mass is 35.5. The van der Waals surface area contributed by atoms with Crippen LogP contribution in [-0.4, -0.2) is 53.3 Å². The van der Waals surface area contributed by atoms with Crippen molar-refractivity contribution in [2.75, 3.05) is 19.8 Å². The number of aromatic nitrogens is 1. The number of aliphatic hydroxyl groups excluding tert-OH is 1. The van der Waals surface area contributed by atoms with E-state index in [2.05, 4.69) is 15.6 Å². The Balaban J connectivity index is 1.43. The third kappa shape index (κ3) is 5.93. The van der Waals surface area contributed by atoms with Crippen LogP contribution in [0.3, 0.4) is 0 Å². The summed E-state index contributed by atoms with van der Waals surface area (Å²) in [7, 11) is 0. The standard InChI is InChI=1S/C31H32ClN3O5/c1-31(2,3)35-30(38)23-9-8-18(14-25(23)32)19-13-24(28-27(15-19)39-10-11-40-28)29(37)34-21(17-36)12-20-16-33-26-7-5-4-6-22(20)26/h4-9,13-16,21,33,36H,10-12,17H2,1-3H3,(H,34,37)(H,35,38)/t21-/m1/s1. The highest BCUT2D eigenvalue weighted by molar-refractivity contribution is 6.34. The van der Waals surface area contributed by atoms with Gasteiger partial charge in [-0.2, -0.15) is 0 Å². The van der Waals surface area contributed by atoms with Crippen LogP contribution in [0.25, 0.3) is 22.0 Å². The van der Waals surface area contributed by atoms with Crippen molar-refractivity contribution in [3.8, 4) is 22.6 Å². The Labute approximate surface area is 237 Å². The number of H-pyrrole nitrogens is 1. The smallest absolute Gasteiger partial charge is 0.255 e. The molecular weight excluding hydrogens is 530 g/mol. The lowest BCUT2D eigenvalue weighted by Crippen LogP contribution is -2.40. The number of carbonyl (C=O) groups is 2. The van der Waals surface area contributed by atoms with E-state index in [0.29, 0.717) is 52.8 Å². The molecule has 0 saturated heterocycles. The molecule has 0 spiro atoms. The van der Waals surface area contributed by atoms with E-state index in [-0.39, 0.29) is 18.1 Å². The van der Waals surface area contributed by atoms with Gasteiger partial charge in [0, 0.05) is 22.6 Å². The molecule has 208 valence electrons. The number of rotatable bonds is 7. The Morgan fingerprint density at radius 2 is 1.77 bits per heavy atom. The van der Waals surface area contributed by atoms with Crippen LogP contribution < -0.4 is 20.1 Å². The van der Waals surface area contributed by atoms with Gasteiger partial charge in [-0.05, 0) is 74.2 Å². The fraction of sp³-hybridized carbons (Fsp3) is 0.290. The van der Waals surface area contributed by atoms with Gasteiger partial charge in [-0.25, -0.2) is 0 Å². The summed E-state index contributed by atoms with van der Waals surface area (Å²) in [5, 5.41) is 17.3. The molecule has 5 rings (SSSR count). The minimum absolute atomic E-state index is 0.238. The fourth-order valence-corrected chi connectivity index (χ4v) is 5.03. The predicted octanol–water partition coefficient (Wildman–Crippen LogP) is 5.12. The lowest BCUT2D eigenvalue weighted by Gasteiger charge is -2.23. The van der Waals surface area contributed by atoms with Crippen LogP contribution in [0.2, 0.25) is 5.02 Å². The van der Waals surface area contributed by atoms with Crippen molar-refractivity contribution < 1.29 is 24.2 Å². The van der Waals surface area contributed by atoms with E-state index in [9.17, 15) is 14.7 Å². The Kier molecular flexibility index (Phi) is 7.74. The molecule has 0 aliphatic carbocycles. The molecule has 8 nitrogen and oxygen atoms in total.